The minimum Gasteiger partial charge on any atom is -0.381 e. The number of ether oxygens (including phenoxy) is 3. The lowest BCUT2D eigenvalue weighted by Gasteiger charge is -2.32. The molecule has 34 heteroatoms. The second kappa shape index (κ2) is 39.1. The molecule has 0 bridgehead atoms. The molecule has 14 aromatic rings. The number of fused-ring (bicyclic) bond motifs is 8. The fourth-order valence-corrected chi connectivity index (χ4v) is 22.4. The standard InChI is InChI=1S/C28H33N7O2.C27H32F2N6O2.C26H29N7O.C26H31N5O2/c1-17-5-6-20-13-23(22-15-33(4)32-18(22)2)30-14-21(20)25(17)26-24-16-34(28(36)29-3)9-10-35(24)27(31-26)19-7-11-37-12-8-19;1-30-26(36)34-9-10-35-22(17-34)24(32-25(35)18-5-7-27(28,29)8-6-18)20-4-2-3-19-15-23(31-16-21(19)20)33-11-13-37-14-12-33;1-15-5-6-18-11-21(20-13-31(4)30-16(20)2)28-12-19(18)23(15)24-22-14-32(26(34)27-3)9-10-33(22)25(29-24)17-7-8-17;1-16-3-4-19-13-21(17-7-11-33-12-8-17)28-14-20(19)23(16)24-22-15-30(26(32)27-2)9-10-31(22)25(29-24)18-5-6-18/h5-6,13-15,19H,7-12,16H2,1-4H3,(H,29,36);2-4,15-16,18H,5-14,17H2,1H3,(H,30,36);5-6,11-13,17H,7-10,14H2,1-4H3,(H,27,34);3-4,13-14,17-18H,5-12,15H2,1-2H3,(H,27,32). The van der Waals surface area contributed by atoms with E-state index in [9.17, 15) is 28.0 Å². The second-order valence-corrected chi connectivity index (χ2v) is 39.5. The third-order valence-electron chi connectivity index (χ3n) is 30.3. The number of anilines is 1. The number of nitrogens with zero attached hydrogens (tertiary/aromatic N) is 21. The predicted molar refractivity (Wildman–Crippen MR) is 538 cm³/mol. The van der Waals surface area contributed by atoms with E-state index in [4.69, 9.17) is 54.1 Å². The van der Waals surface area contributed by atoms with Crippen LogP contribution in [0.5, 0.6) is 0 Å². The second-order valence-electron chi connectivity index (χ2n) is 39.5. The molecular formula is C107H125F2N25O7. The Kier molecular flexibility index (Phi) is 26.0. The molecule has 4 aromatic carbocycles. The molecule has 6 fully saturated rings. The number of aryl methyl sites for hydroxylation is 7. The summed E-state index contributed by atoms with van der Waals surface area (Å²) in [5.74, 6) is 4.60. The Bertz CT molecular complexity index is 7150. The number of pyridine rings is 4. The maximum Gasteiger partial charge on any atom is 0.317 e. The summed E-state index contributed by atoms with van der Waals surface area (Å²) in [6.45, 7) is 24.3. The molecule has 10 aliphatic rings. The molecule has 3 saturated heterocycles. The van der Waals surface area contributed by atoms with Crippen LogP contribution in [0.3, 0.4) is 0 Å². The quantitative estimate of drug-likeness (QED) is 0.0883. The smallest absolute Gasteiger partial charge is 0.317 e. The van der Waals surface area contributed by atoms with Crippen LogP contribution in [0.1, 0.15) is 186 Å². The fourth-order valence-electron chi connectivity index (χ4n) is 22.4. The summed E-state index contributed by atoms with van der Waals surface area (Å²) in [5.41, 5.74) is 23.0. The Labute approximate surface area is 818 Å². The van der Waals surface area contributed by atoms with Crippen molar-refractivity contribution in [2.24, 2.45) is 14.1 Å². The molecule has 32 nitrogen and oxygen atoms in total. The number of aromatic nitrogens is 16. The van der Waals surface area contributed by atoms with E-state index in [1.54, 1.807) is 33.1 Å². The Hall–Kier alpha value is -13.6. The molecule has 3 saturated carbocycles. The summed E-state index contributed by atoms with van der Waals surface area (Å²) in [6, 6.07) is 27.6. The molecule has 0 unspecified atom stereocenters. The van der Waals surface area contributed by atoms with Crippen molar-refractivity contribution >= 4 is 73.0 Å². The average Bonchev–Trinajstić information content (AvgIpc) is 1.53. The van der Waals surface area contributed by atoms with E-state index in [0.717, 1.165) is 253 Å². The van der Waals surface area contributed by atoms with Gasteiger partial charge in [-0.05, 0) is 161 Å². The lowest BCUT2D eigenvalue weighted by atomic mass is 9.86. The summed E-state index contributed by atoms with van der Waals surface area (Å²) < 4.78 is 57.5. The molecule has 8 amide bonds. The van der Waals surface area contributed by atoms with Crippen molar-refractivity contribution in [3.05, 3.63) is 196 Å². The van der Waals surface area contributed by atoms with Crippen molar-refractivity contribution in [3.8, 4) is 67.5 Å². The van der Waals surface area contributed by atoms with Crippen LogP contribution in [0.2, 0.25) is 0 Å². The molecule has 4 N–H and O–H groups in total. The van der Waals surface area contributed by atoms with Crippen LogP contribution in [0.4, 0.5) is 33.8 Å². The van der Waals surface area contributed by atoms with Crippen molar-refractivity contribution in [1.82, 2.24) is 119 Å². The Morgan fingerprint density at radius 3 is 1.12 bits per heavy atom. The first-order valence-electron chi connectivity index (χ1n) is 50.1. The number of alkyl halides is 2. The fraction of sp³-hybridized carbons (Fsp3) is 0.458. The molecule has 0 spiro atoms. The van der Waals surface area contributed by atoms with E-state index in [1.165, 1.54) is 53.8 Å². The maximum atomic E-state index is 13.9. The van der Waals surface area contributed by atoms with Gasteiger partial charge in [-0.2, -0.15) is 10.2 Å². The van der Waals surface area contributed by atoms with Gasteiger partial charge >= 0.3 is 24.1 Å². The lowest BCUT2D eigenvalue weighted by molar-refractivity contribution is -0.0390. The largest absolute Gasteiger partial charge is 0.381 e. The highest BCUT2D eigenvalue weighted by atomic mass is 19.3. The van der Waals surface area contributed by atoms with Gasteiger partial charge in [0.2, 0.25) is 5.92 Å². The van der Waals surface area contributed by atoms with Gasteiger partial charge in [-0.15, -0.1) is 0 Å². The van der Waals surface area contributed by atoms with Gasteiger partial charge in [0.05, 0.1) is 108 Å². The third-order valence-corrected chi connectivity index (χ3v) is 30.3. The number of hydrogen-bond donors (Lipinski definition) is 4. The van der Waals surface area contributed by atoms with Gasteiger partial charge in [-0.1, -0.05) is 54.6 Å². The first-order valence-corrected chi connectivity index (χ1v) is 50.1. The van der Waals surface area contributed by atoms with Crippen LogP contribution in [0, 0.1) is 34.6 Å². The zero-order valence-electron chi connectivity index (χ0n) is 82.5. The molecule has 0 atom stereocenters. The number of urea groups is 4. The van der Waals surface area contributed by atoms with E-state index in [1.807, 2.05) is 101 Å². The molecule has 734 valence electrons. The van der Waals surface area contributed by atoms with Crippen LogP contribution in [-0.4, -0.2) is 234 Å². The molecule has 24 rings (SSSR count). The van der Waals surface area contributed by atoms with Crippen molar-refractivity contribution < 1.29 is 42.2 Å². The van der Waals surface area contributed by atoms with Crippen LogP contribution in [0.15, 0.2) is 116 Å². The number of halogens is 2. The number of amides is 8. The van der Waals surface area contributed by atoms with E-state index < -0.39 is 5.92 Å². The van der Waals surface area contributed by atoms with E-state index in [2.05, 4.69) is 142 Å². The summed E-state index contributed by atoms with van der Waals surface area (Å²) in [6.07, 6.45) is 21.4. The zero-order valence-corrected chi connectivity index (χ0v) is 82.5. The van der Waals surface area contributed by atoms with Gasteiger partial charge < -0.3 is 78.2 Å². The Balaban J connectivity index is 0.000000112. The summed E-state index contributed by atoms with van der Waals surface area (Å²) in [7, 11) is 10.6. The maximum absolute atomic E-state index is 13.9. The first kappa shape index (κ1) is 93.7. The van der Waals surface area contributed by atoms with Gasteiger partial charge in [0.1, 0.15) is 29.1 Å². The molecule has 7 aliphatic heterocycles. The average molecular weight is 1910 g/mol. The number of benzene rings is 4. The Morgan fingerprint density at radius 1 is 0.369 bits per heavy atom. The van der Waals surface area contributed by atoms with Crippen LogP contribution >= 0.6 is 0 Å². The van der Waals surface area contributed by atoms with E-state index in [0.29, 0.717) is 109 Å². The SMILES string of the molecule is CNC(=O)N1CCn2c(C3CC3)nc(-c3c(C)ccc4cc(-c5cn(C)nc5C)ncc34)c2C1.CNC(=O)N1CCn2c(C3CC3)nc(-c3c(C)ccc4cc(C5CCOCC5)ncc34)c2C1.CNC(=O)N1CCn2c(C3CCC(F)(F)CC3)nc(-c3cccc4cc(N5CCOCC5)ncc34)c2C1.CNC(=O)N1CCn2c(C3CCOCC3)nc(-c3c(C)ccc4cc(-c5cn(C)nc5C)ncc34)c2C1. The number of nitrogens with one attached hydrogen (secondary N) is 4. The highest BCUT2D eigenvalue weighted by Gasteiger charge is 2.42. The minimum atomic E-state index is -2.59. The topological polar surface area (TPSA) is 319 Å². The molecule has 17 heterocycles. The van der Waals surface area contributed by atoms with Crippen molar-refractivity contribution in [2.45, 2.75) is 200 Å². The molecule has 10 aromatic heterocycles. The third kappa shape index (κ3) is 18.5. The highest BCUT2D eigenvalue weighted by Crippen LogP contribution is 2.50. The first-order chi connectivity index (χ1) is 68.4. The zero-order chi connectivity index (χ0) is 97.3. The number of carbonyl (C=O) groups excluding carboxylic acids is 4. The van der Waals surface area contributed by atoms with Crippen molar-refractivity contribution in [1.29, 1.82) is 0 Å². The van der Waals surface area contributed by atoms with E-state index >= 15 is 0 Å². The number of morpholine rings is 1. The molecule has 3 aliphatic carbocycles. The Morgan fingerprint density at radius 2 is 0.723 bits per heavy atom. The monoisotopic (exact) mass is 1910 g/mol. The number of hydrogen-bond acceptors (Lipinski definition) is 18. The van der Waals surface area contributed by atoms with Gasteiger partial charge in [-0.25, -0.2) is 52.9 Å². The number of imidazole rings is 4. The normalized spacial score (nSPS) is 17.8. The minimum absolute atomic E-state index is 0.0142. The number of carbonyl (C=O) groups is 4. The van der Waals surface area contributed by atoms with Gasteiger partial charge in [-0.3, -0.25) is 24.3 Å². The van der Waals surface area contributed by atoms with Crippen LogP contribution in [0.25, 0.3) is 111 Å². The van der Waals surface area contributed by atoms with E-state index in [-0.39, 0.29) is 42.9 Å². The molecule has 0 radical (unpaired) electrons. The van der Waals surface area contributed by atoms with Gasteiger partial charge in [0, 0.05) is 274 Å². The van der Waals surface area contributed by atoms with Crippen molar-refractivity contribution in [3.63, 3.8) is 0 Å². The van der Waals surface area contributed by atoms with Crippen LogP contribution < -0.4 is 26.2 Å². The summed E-state index contributed by atoms with van der Waals surface area (Å²) in [4.78, 5) is 99.8. The predicted octanol–water partition coefficient (Wildman–Crippen LogP) is 17.0. The number of rotatable bonds is 12. The van der Waals surface area contributed by atoms with Crippen molar-refractivity contribution in [2.75, 3.05) is 112 Å². The summed E-state index contributed by atoms with van der Waals surface area (Å²) >= 11 is 0. The highest BCUT2D eigenvalue weighted by molar-refractivity contribution is 6.02. The summed E-state index contributed by atoms with van der Waals surface area (Å²) in [5, 5.41) is 28.8. The van der Waals surface area contributed by atoms with Crippen LogP contribution in [-0.2, 0) is 80.7 Å². The van der Waals surface area contributed by atoms with Gasteiger partial charge in [0.15, 0.2) is 0 Å². The lowest BCUT2D eigenvalue weighted by Crippen LogP contribution is -2.43. The molecule has 141 heavy (non-hydrogen) atoms. The van der Waals surface area contributed by atoms with Gasteiger partial charge in [0.25, 0.3) is 0 Å². The molecular weight excluding hydrogens is 1790 g/mol.